The highest BCUT2D eigenvalue weighted by Gasteiger charge is 2.28. The van der Waals surface area contributed by atoms with Crippen LogP contribution < -0.4 is 10.6 Å². The molecule has 2 rings (SSSR count). The van der Waals surface area contributed by atoms with Gasteiger partial charge in [-0.25, -0.2) is 0 Å². The molecule has 1 aromatic rings. The van der Waals surface area contributed by atoms with Crippen LogP contribution >= 0.6 is 11.6 Å². The van der Waals surface area contributed by atoms with E-state index in [0.717, 1.165) is 37.2 Å². The number of carbonyl (C=O) groups excluding carboxylic acids is 2. The number of hydrogen-bond acceptors (Lipinski definition) is 3. The number of rotatable bonds is 6. The van der Waals surface area contributed by atoms with Crippen LogP contribution in [0.15, 0.2) is 18.2 Å². The van der Waals surface area contributed by atoms with Crippen molar-refractivity contribution >= 4 is 29.1 Å². The summed E-state index contributed by atoms with van der Waals surface area (Å²) >= 11 is 6.03. The van der Waals surface area contributed by atoms with Gasteiger partial charge in [-0.2, -0.15) is 0 Å². The minimum Gasteiger partial charge on any atom is -0.356 e. The summed E-state index contributed by atoms with van der Waals surface area (Å²) in [5.74, 6) is 0.446. The van der Waals surface area contributed by atoms with Crippen molar-refractivity contribution < 1.29 is 9.59 Å². The van der Waals surface area contributed by atoms with Gasteiger partial charge in [0, 0.05) is 29.7 Å². The average Bonchev–Trinajstić information content (AvgIpc) is 2.62. The first kappa shape index (κ1) is 20.7. The summed E-state index contributed by atoms with van der Waals surface area (Å²) in [6.07, 6.45) is 2.12. The summed E-state index contributed by atoms with van der Waals surface area (Å²) in [5.41, 5.74) is 1.75. The quantitative estimate of drug-likeness (QED) is 0.795. The van der Waals surface area contributed by atoms with Crippen LogP contribution in [0.4, 0.5) is 5.69 Å². The van der Waals surface area contributed by atoms with Gasteiger partial charge in [-0.1, -0.05) is 31.5 Å². The molecule has 1 heterocycles. The first-order valence-electron chi connectivity index (χ1n) is 9.36. The Morgan fingerprint density at radius 1 is 1.27 bits per heavy atom. The molecule has 0 aliphatic carbocycles. The Hall–Kier alpha value is -1.59. The molecule has 1 fully saturated rings. The Balaban J connectivity index is 1.91. The Kier molecular flexibility index (Phi) is 7.47. The third kappa shape index (κ3) is 5.71. The van der Waals surface area contributed by atoms with E-state index in [1.165, 1.54) is 0 Å². The summed E-state index contributed by atoms with van der Waals surface area (Å²) in [6.45, 7) is 10.1. The van der Waals surface area contributed by atoms with Crippen molar-refractivity contribution in [2.24, 2.45) is 11.8 Å². The number of piperidine rings is 1. The zero-order chi connectivity index (χ0) is 19.3. The van der Waals surface area contributed by atoms with Gasteiger partial charge in [0.2, 0.25) is 11.8 Å². The summed E-state index contributed by atoms with van der Waals surface area (Å²) in [6, 6.07) is 5.27. The van der Waals surface area contributed by atoms with E-state index in [1.54, 1.807) is 6.07 Å². The van der Waals surface area contributed by atoms with E-state index >= 15 is 0 Å². The van der Waals surface area contributed by atoms with Gasteiger partial charge in [0.1, 0.15) is 0 Å². The highest BCUT2D eigenvalue weighted by molar-refractivity contribution is 6.31. The Bertz CT molecular complexity index is 648. The second-order valence-corrected chi connectivity index (χ2v) is 7.96. The molecule has 26 heavy (non-hydrogen) atoms. The van der Waals surface area contributed by atoms with Crippen molar-refractivity contribution in [1.29, 1.82) is 0 Å². The molecule has 144 valence electrons. The maximum Gasteiger partial charge on any atom is 0.241 e. The van der Waals surface area contributed by atoms with E-state index in [9.17, 15) is 9.59 Å². The molecule has 1 aliphatic heterocycles. The van der Waals surface area contributed by atoms with E-state index in [-0.39, 0.29) is 23.8 Å². The van der Waals surface area contributed by atoms with E-state index in [2.05, 4.69) is 15.5 Å². The molecule has 0 aromatic heterocycles. The van der Waals surface area contributed by atoms with Crippen molar-refractivity contribution in [2.45, 2.75) is 46.6 Å². The maximum absolute atomic E-state index is 12.7. The number of anilines is 1. The number of amides is 2. The number of benzene rings is 1. The fraction of sp³-hybridized carbons (Fsp3) is 0.600. The van der Waals surface area contributed by atoms with E-state index in [1.807, 2.05) is 39.8 Å². The number of aryl methyl sites for hydroxylation is 1. The molecule has 5 nitrogen and oxygen atoms in total. The second-order valence-electron chi connectivity index (χ2n) is 7.53. The largest absolute Gasteiger partial charge is 0.356 e. The zero-order valence-corrected chi connectivity index (χ0v) is 16.9. The maximum atomic E-state index is 12.7. The highest BCUT2D eigenvalue weighted by atomic mass is 35.5. The minimum absolute atomic E-state index is 0.000307. The SMILES string of the molecule is Cc1ccc(Cl)cc1NC(=O)[C@@H](C)N1CCC[C@@H](CNC(=O)C(C)C)C1. The van der Waals surface area contributed by atoms with Crippen molar-refractivity contribution in [1.82, 2.24) is 10.2 Å². The summed E-state index contributed by atoms with van der Waals surface area (Å²) in [4.78, 5) is 26.6. The third-order valence-corrected chi connectivity index (χ3v) is 5.26. The molecule has 2 N–H and O–H groups in total. The number of likely N-dealkylation sites (tertiary alicyclic amines) is 1. The van der Waals surface area contributed by atoms with Gasteiger partial charge in [-0.3, -0.25) is 14.5 Å². The van der Waals surface area contributed by atoms with Gasteiger partial charge in [0.15, 0.2) is 0 Å². The molecular weight excluding hydrogens is 350 g/mol. The van der Waals surface area contributed by atoms with Crippen LogP contribution in [0, 0.1) is 18.8 Å². The summed E-state index contributed by atoms with van der Waals surface area (Å²) in [5, 5.41) is 6.62. The lowest BCUT2D eigenvalue weighted by molar-refractivity contribution is -0.125. The van der Waals surface area contributed by atoms with E-state index in [0.29, 0.717) is 17.5 Å². The number of hydrogen-bond donors (Lipinski definition) is 2. The highest BCUT2D eigenvalue weighted by Crippen LogP contribution is 2.22. The lowest BCUT2D eigenvalue weighted by Gasteiger charge is -2.36. The zero-order valence-electron chi connectivity index (χ0n) is 16.1. The number of halogens is 1. The smallest absolute Gasteiger partial charge is 0.241 e. The Morgan fingerprint density at radius 3 is 2.69 bits per heavy atom. The van der Waals surface area contributed by atoms with Crippen LogP contribution in [0.5, 0.6) is 0 Å². The average molecular weight is 380 g/mol. The molecule has 2 atom stereocenters. The van der Waals surface area contributed by atoms with Crippen molar-refractivity contribution in [3.8, 4) is 0 Å². The summed E-state index contributed by atoms with van der Waals surface area (Å²) in [7, 11) is 0. The molecule has 1 aromatic carbocycles. The predicted octanol–water partition coefficient (Wildman–Crippen LogP) is 3.46. The van der Waals surface area contributed by atoms with Crippen LogP contribution in [0.25, 0.3) is 0 Å². The lowest BCUT2D eigenvalue weighted by Crippen LogP contribution is -2.49. The lowest BCUT2D eigenvalue weighted by atomic mass is 9.96. The van der Waals surface area contributed by atoms with Crippen LogP contribution in [0.2, 0.25) is 5.02 Å². The molecule has 1 aliphatic rings. The van der Waals surface area contributed by atoms with E-state index in [4.69, 9.17) is 11.6 Å². The molecule has 6 heteroatoms. The predicted molar refractivity (Wildman–Crippen MR) is 106 cm³/mol. The number of carbonyl (C=O) groups is 2. The van der Waals surface area contributed by atoms with Crippen LogP contribution in [-0.4, -0.2) is 42.4 Å². The number of nitrogens with one attached hydrogen (secondary N) is 2. The molecule has 0 bridgehead atoms. The first-order chi connectivity index (χ1) is 12.3. The third-order valence-electron chi connectivity index (χ3n) is 5.02. The standard InChI is InChI=1S/C20H30ClN3O2/c1-13(2)19(25)22-11-16-6-5-9-24(12-16)15(4)20(26)23-18-10-17(21)8-7-14(18)3/h7-8,10,13,15-16H,5-6,9,11-12H2,1-4H3,(H,22,25)(H,23,26)/t15-,16+/m1/s1. The van der Waals surface area contributed by atoms with Gasteiger partial charge in [0.25, 0.3) is 0 Å². The Morgan fingerprint density at radius 2 is 2.00 bits per heavy atom. The molecule has 2 amide bonds. The molecule has 0 unspecified atom stereocenters. The topological polar surface area (TPSA) is 61.4 Å². The molecule has 0 spiro atoms. The van der Waals surface area contributed by atoms with Gasteiger partial charge < -0.3 is 10.6 Å². The Labute approximate surface area is 161 Å². The molecule has 0 radical (unpaired) electrons. The van der Waals surface area contributed by atoms with Gasteiger partial charge in [0.05, 0.1) is 6.04 Å². The normalized spacial score (nSPS) is 19.2. The van der Waals surface area contributed by atoms with E-state index < -0.39 is 0 Å². The van der Waals surface area contributed by atoms with Gasteiger partial charge >= 0.3 is 0 Å². The van der Waals surface area contributed by atoms with Crippen LogP contribution in [0.3, 0.4) is 0 Å². The van der Waals surface area contributed by atoms with Crippen molar-refractivity contribution in [3.05, 3.63) is 28.8 Å². The second kappa shape index (κ2) is 9.38. The minimum atomic E-state index is -0.225. The summed E-state index contributed by atoms with van der Waals surface area (Å²) < 4.78 is 0. The fourth-order valence-electron chi connectivity index (χ4n) is 3.20. The fourth-order valence-corrected chi connectivity index (χ4v) is 3.37. The van der Waals surface area contributed by atoms with Gasteiger partial charge in [-0.15, -0.1) is 0 Å². The molecule has 0 saturated carbocycles. The monoisotopic (exact) mass is 379 g/mol. The van der Waals surface area contributed by atoms with Crippen molar-refractivity contribution in [2.75, 3.05) is 25.0 Å². The van der Waals surface area contributed by atoms with Gasteiger partial charge in [-0.05, 0) is 56.8 Å². The number of nitrogens with zero attached hydrogens (tertiary/aromatic N) is 1. The molecule has 1 saturated heterocycles. The molecular formula is C20H30ClN3O2. The van der Waals surface area contributed by atoms with Crippen molar-refractivity contribution in [3.63, 3.8) is 0 Å². The van der Waals surface area contributed by atoms with Crippen LogP contribution in [0.1, 0.15) is 39.2 Å². The first-order valence-corrected chi connectivity index (χ1v) is 9.74. The van der Waals surface area contributed by atoms with Crippen LogP contribution in [-0.2, 0) is 9.59 Å².